The van der Waals surface area contributed by atoms with Gasteiger partial charge >= 0.3 is 0 Å². The zero-order valence-corrected chi connectivity index (χ0v) is 7.32. The molecule has 0 radical (unpaired) electrons. The Kier molecular flexibility index (Phi) is 2.93. The van der Waals surface area contributed by atoms with Crippen LogP contribution in [0.15, 0.2) is 12.2 Å². The number of hydrogen-bond donors (Lipinski definition) is 0. The molecule has 66 valence electrons. The van der Waals surface area contributed by atoms with Crippen molar-refractivity contribution in [1.82, 2.24) is 20.2 Å². The van der Waals surface area contributed by atoms with Crippen molar-refractivity contribution in [2.75, 3.05) is 6.61 Å². The van der Waals surface area contributed by atoms with Gasteiger partial charge in [0, 0.05) is 7.05 Å². The molecular formula is C7H12N4O. The van der Waals surface area contributed by atoms with E-state index in [0.717, 1.165) is 11.4 Å². The van der Waals surface area contributed by atoms with E-state index in [1.54, 1.807) is 11.7 Å². The van der Waals surface area contributed by atoms with Gasteiger partial charge in [0.15, 0.2) is 5.82 Å². The lowest BCUT2D eigenvalue weighted by Crippen LogP contribution is -2.03. The molecule has 1 rings (SSSR count). The van der Waals surface area contributed by atoms with Crippen LogP contribution in [0.4, 0.5) is 0 Å². The largest absolute Gasteiger partial charge is 0.369 e. The van der Waals surface area contributed by atoms with Gasteiger partial charge in [0.25, 0.3) is 0 Å². The summed E-state index contributed by atoms with van der Waals surface area (Å²) in [4.78, 5) is 0. The number of tetrazole rings is 1. The van der Waals surface area contributed by atoms with E-state index in [1.807, 2.05) is 6.92 Å². The quantitative estimate of drug-likeness (QED) is 0.607. The van der Waals surface area contributed by atoms with Gasteiger partial charge in [-0.1, -0.05) is 12.2 Å². The summed E-state index contributed by atoms with van der Waals surface area (Å²) in [5.74, 6) is 0.719. The topological polar surface area (TPSA) is 52.8 Å². The lowest BCUT2D eigenvalue weighted by molar-refractivity contribution is 0.134. The Labute approximate surface area is 71.0 Å². The maximum absolute atomic E-state index is 5.26. The van der Waals surface area contributed by atoms with Gasteiger partial charge in [-0.25, -0.2) is 4.68 Å². The van der Waals surface area contributed by atoms with E-state index in [1.165, 1.54) is 0 Å². The van der Waals surface area contributed by atoms with E-state index < -0.39 is 0 Å². The predicted octanol–water partition coefficient (Wildman–Crippen LogP) is 0.303. The number of rotatable bonds is 4. The lowest BCUT2D eigenvalue weighted by Gasteiger charge is -2.00. The summed E-state index contributed by atoms with van der Waals surface area (Å²) in [6, 6.07) is 0. The summed E-state index contributed by atoms with van der Waals surface area (Å²) in [7, 11) is 1.78. The molecule has 0 aliphatic heterocycles. The molecule has 0 saturated carbocycles. The van der Waals surface area contributed by atoms with Crippen molar-refractivity contribution >= 4 is 0 Å². The zero-order chi connectivity index (χ0) is 8.97. The lowest BCUT2D eigenvalue weighted by atomic mass is 10.4. The Morgan fingerprint density at radius 3 is 2.92 bits per heavy atom. The van der Waals surface area contributed by atoms with Crippen molar-refractivity contribution in [3.8, 4) is 0 Å². The minimum Gasteiger partial charge on any atom is -0.369 e. The summed E-state index contributed by atoms with van der Waals surface area (Å²) in [5.41, 5.74) is 0.991. The average Bonchev–Trinajstić information content (AvgIpc) is 2.36. The first-order chi connectivity index (χ1) is 5.70. The third-order valence-electron chi connectivity index (χ3n) is 1.29. The van der Waals surface area contributed by atoms with Crippen LogP contribution in [0.5, 0.6) is 0 Å². The highest BCUT2D eigenvalue weighted by atomic mass is 16.5. The Morgan fingerprint density at radius 1 is 1.67 bits per heavy atom. The highest BCUT2D eigenvalue weighted by molar-refractivity contribution is 4.88. The van der Waals surface area contributed by atoms with Crippen molar-refractivity contribution in [2.45, 2.75) is 13.5 Å². The molecule has 0 aromatic carbocycles. The number of aromatic nitrogens is 4. The maximum atomic E-state index is 5.26. The van der Waals surface area contributed by atoms with E-state index in [-0.39, 0.29) is 0 Å². The van der Waals surface area contributed by atoms with Crippen LogP contribution < -0.4 is 0 Å². The molecule has 5 nitrogen and oxygen atoms in total. The number of nitrogens with zero attached hydrogens (tertiary/aromatic N) is 4. The van der Waals surface area contributed by atoms with Crippen LogP contribution in [0.1, 0.15) is 12.7 Å². The van der Waals surface area contributed by atoms with Crippen LogP contribution >= 0.6 is 0 Å². The summed E-state index contributed by atoms with van der Waals surface area (Å²) >= 11 is 0. The minimum absolute atomic E-state index is 0.427. The van der Waals surface area contributed by atoms with Gasteiger partial charge in [0.2, 0.25) is 0 Å². The SMILES string of the molecule is C=C(C)COCc1nnnn1C. The fourth-order valence-corrected chi connectivity index (χ4v) is 0.687. The van der Waals surface area contributed by atoms with Gasteiger partial charge in [-0.15, -0.1) is 5.10 Å². The fraction of sp³-hybridized carbons (Fsp3) is 0.571. The zero-order valence-electron chi connectivity index (χ0n) is 7.32. The summed E-state index contributed by atoms with van der Waals surface area (Å²) < 4.78 is 6.84. The number of hydrogen-bond acceptors (Lipinski definition) is 4. The molecule has 0 N–H and O–H groups in total. The molecule has 0 aliphatic rings. The van der Waals surface area contributed by atoms with Gasteiger partial charge in [-0.2, -0.15) is 0 Å². The molecule has 0 aliphatic carbocycles. The Hall–Kier alpha value is -1.23. The molecule has 0 atom stereocenters. The predicted molar refractivity (Wildman–Crippen MR) is 43.3 cm³/mol. The van der Waals surface area contributed by atoms with Gasteiger partial charge in [-0.3, -0.25) is 0 Å². The van der Waals surface area contributed by atoms with E-state index in [9.17, 15) is 0 Å². The van der Waals surface area contributed by atoms with Crippen LogP contribution in [-0.2, 0) is 18.4 Å². The molecule has 0 amide bonds. The monoisotopic (exact) mass is 168 g/mol. The second-order valence-corrected chi connectivity index (χ2v) is 2.67. The smallest absolute Gasteiger partial charge is 0.176 e. The molecule has 1 aromatic rings. The van der Waals surface area contributed by atoms with Crippen molar-refractivity contribution in [3.63, 3.8) is 0 Å². The average molecular weight is 168 g/mol. The molecule has 0 fully saturated rings. The third kappa shape index (κ3) is 2.43. The Morgan fingerprint density at radius 2 is 2.42 bits per heavy atom. The molecule has 0 unspecified atom stereocenters. The molecular weight excluding hydrogens is 156 g/mol. The summed E-state index contributed by atoms with van der Waals surface area (Å²) in [6.45, 7) is 6.60. The molecule has 1 aromatic heterocycles. The molecule has 1 heterocycles. The minimum atomic E-state index is 0.427. The number of aryl methyl sites for hydroxylation is 1. The highest BCUT2D eigenvalue weighted by Crippen LogP contribution is 1.95. The van der Waals surface area contributed by atoms with Gasteiger partial charge in [0.1, 0.15) is 6.61 Å². The first-order valence-corrected chi connectivity index (χ1v) is 3.63. The molecule has 5 heteroatoms. The van der Waals surface area contributed by atoms with Crippen LogP contribution in [0.3, 0.4) is 0 Å². The van der Waals surface area contributed by atoms with Crippen molar-refractivity contribution in [3.05, 3.63) is 18.0 Å². The first-order valence-electron chi connectivity index (χ1n) is 3.63. The van der Waals surface area contributed by atoms with E-state index in [4.69, 9.17) is 4.74 Å². The fourth-order valence-electron chi connectivity index (χ4n) is 0.687. The van der Waals surface area contributed by atoms with E-state index >= 15 is 0 Å². The second kappa shape index (κ2) is 3.96. The van der Waals surface area contributed by atoms with Gasteiger partial charge < -0.3 is 4.74 Å². The Bertz CT molecular complexity index is 268. The molecule has 12 heavy (non-hydrogen) atoms. The van der Waals surface area contributed by atoms with Crippen molar-refractivity contribution in [2.24, 2.45) is 7.05 Å². The van der Waals surface area contributed by atoms with E-state index in [2.05, 4.69) is 22.1 Å². The van der Waals surface area contributed by atoms with Crippen molar-refractivity contribution < 1.29 is 4.74 Å². The standard InChI is InChI=1S/C7H12N4O/c1-6(2)4-12-5-7-8-9-10-11(7)3/h1,4-5H2,2-3H3. The first kappa shape index (κ1) is 8.86. The molecule has 0 saturated heterocycles. The van der Waals surface area contributed by atoms with Gasteiger partial charge in [0.05, 0.1) is 6.61 Å². The second-order valence-electron chi connectivity index (χ2n) is 2.67. The summed E-state index contributed by atoms with van der Waals surface area (Å²) in [5, 5.41) is 10.9. The van der Waals surface area contributed by atoms with Crippen LogP contribution in [0.25, 0.3) is 0 Å². The summed E-state index contributed by atoms with van der Waals surface area (Å²) in [6.07, 6.45) is 0. The van der Waals surface area contributed by atoms with Gasteiger partial charge in [-0.05, 0) is 17.4 Å². The number of ether oxygens (including phenoxy) is 1. The molecule has 0 spiro atoms. The third-order valence-corrected chi connectivity index (χ3v) is 1.29. The van der Waals surface area contributed by atoms with Crippen LogP contribution in [0.2, 0.25) is 0 Å². The van der Waals surface area contributed by atoms with Crippen LogP contribution in [0, 0.1) is 0 Å². The van der Waals surface area contributed by atoms with E-state index in [0.29, 0.717) is 13.2 Å². The normalized spacial score (nSPS) is 10.2. The van der Waals surface area contributed by atoms with Crippen LogP contribution in [-0.4, -0.2) is 26.8 Å². The highest BCUT2D eigenvalue weighted by Gasteiger charge is 2.00. The van der Waals surface area contributed by atoms with Crippen molar-refractivity contribution in [1.29, 1.82) is 0 Å². The molecule has 0 bridgehead atoms. The maximum Gasteiger partial charge on any atom is 0.176 e. The Balaban J connectivity index is 2.33.